The normalized spacial score (nSPS) is 22.1. The number of halogens is 2. The number of amides is 2. The van der Waals surface area contributed by atoms with Crippen molar-refractivity contribution in [1.82, 2.24) is 20.2 Å². The van der Waals surface area contributed by atoms with Gasteiger partial charge in [0.05, 0.1) is 24.2 Å². The van der Waals surface area contributed by atoms with E-state index in [-0.39, 0.29) is 30.1 Å². The zero-order chi connectivity index (χ0) is 24.6. The van der Waals surface area contributed by atoms with Gasteiger partial charge in [-0.05, 0) is 61.9 Å². The van der Waals surface area contributed by atoms with Gasteiger partial charge in [0, 0.05) is 31.0 Å². The zero-order valence-corrected chi connectivity index (χ0v) is 19.6. The average molecular weight is 483 g/mol. The van der Waals surface area contributed by atoms with E-state index in [4.69, 9.17) is 4.74 Å². The molecule has 3 heterocycles. The van der Waals surface area contributed by atoms with Crippen LogP contribution in [0.15, 0.2) is 36.4 Å². The first-order valence-corrected chi connectivity index (χ1v) is 11.9. The summed E-state index contributed by atoms with van der Waals surface area (Å²) >= 11 is 0. The molecule has 2 saturated heterocycles. The Kier molecular flexibility index (Phi) is 6.17. The SMILES string of the molecule is COc1ccc(C[C@@]2(CCC(=O)N3CCC[C@@H]3c3nc4ccc(F)cc4[nH]3)CCC(=O)N2)c(F)c1. The van der Waals surface area contributed by atoms with Gasteiger partial charge in [-0.2, -0.15) is 0 Å². The predicted octanol–water partition coefficient (Wildman–Crippen LogP) is 4.18. The fourth-order valence-corrected chi connectivity index (χ4v) is 5.34. The van der Waals surface area contributed by atoms with Crippen LogP contribution in [0.3, 0.4) is 0 Å². The maximum Gasteiger partial charge on any atom is 0.223 e. The smallest absolute Gasteiger partial charge is 0.223 e. The highest BCUT2D eigenvalue weighted by molar-refractivity contribution is 5.81. The van der Waals surface area contributed by atoms with Gasteiger partial charge in [-0.3, -0.25) is 9.59 Å². The highest BCUT2D eigenvalue weighted by Gasteiger charge is 2.40. The maximum atomic E-state index is 14.7. The van der Waals surface area contributed by atoms with Crippen LogP contribution in [0.5, 0.6) is 5.75 Å². The summed E-state index contributed by atoms with van der Waals surface area (Å²) in [6.45, 7) is 0.612. The number of fused-ring (bicyclic) bond motifs is 1. The topological polar surface area (TPSA) is 87.3 Å². The number of carbonyl (C=O) groups is 2. The molecule has 3 aromatic rings. The van der Waals surface area contributed by atoms with E-state index in [1.54, 1.807) is 18.2 Å². The monoisotopic (exact) mass is 482 g/mol. The summed E-state index contributed by atoms with van der Waals surface area (Å²) in [7, 11) is 1.48. The second-order valence-corrected chi connectivity index (χ2v) is 9.49. The first-order valence-electron chi connectivity index (χ1n) is 11.9. The number of imidazole rings is 1. The Labute approximate surface area is 201 Å². The Morgan fingerprint density at radius 1 is 1.26 bits per heavy atom. The number of aromatic amines is 1. The van der Waals surface area contributed by atoms with Crippen LogP contribution in [0.1, 0.15) is 56.0 Å². The Bertz CT molecular complexity index is 1280. The lowest BCUT2D eigenvalue weighted by Gasteiger charge is -2.31. The maximum absolute atomic E-state index is 14.7. The van der Waals surface area contributed by atoms with E-state index in [9.17, 15) is 18.4 Å². The van der Waals surface area contributed by atoms with Gasteiger partial charge in [0.1, 0.15) is 23.2 Å². The molecule has 2 atom stereocenters. The molecule has 9 heteroatoms. The van der Waals surface area contributed by atoms with Crippen molar-refractivity contribution in [1.29, 1.82) is 0 Å². The van der Waals surface area contributed by atoms with Crippen molar-refractivity contribution in [3.63, 3.8) is 0 Å². The molecule has 184 valence electrons. The van der Waals surface area contributed by atoms with Crippen LogP contribution in [-0.4, -0.2) is 45.9 Å². The van der Waals surface area contributed by atoms with Crippen LogP contribution >= 0.6 is 0 Å². The summed E-state index contributed by atoms with van der Waals surface area (Å²) in [6, 6.07) is 8.88. The fourth-order valence-electron chi connectivity index (χ4n) is 5.34. The van der Waals surface area contributed by atoms with Gasteiger partial charge < -0.3 is 19.9 Å². The largest absolute Gasteiger partial charge is 0.497 e. The highest BCUT2D eigenvalue weighted by Crippen LogP contribution is 2.35. The van der Waals surface area contributed by atoms with Gasteiger partial charge in [-0.1, -0.05) is 6.07 Å². The van der Waals surface area contributed by atoms with Gasteiger partial charge in [0.2, 0.25) is 11.8 Å². The number of nitrogens with one attached hydrogen (secondary N) is 2. The van der Waals surface area contributed by atoms with E-state index in [0.29, 0.717) is 60.4 Å². The average Bonchev–Trinajstić information content (AvgIpc) is 3.57. The van der Waals surface area contributed by atoms with Crippen molar-refractivity contribution in [3.05, 3.63) is 59.4 Å². The molecule has 2 fully saturated rings. The van der Waals surface area contributed by atoms with Crippen LogP contribution in [0.2, 0.25) is 0 Å². The predicted molar refractivity (Wildman–Crippen MR) is 126 cm³/mol. The molecular weight excluding hydrogens is 454 g/mol. The molecule has 7 nitrogen and oxygen atoms in total. The number of carbonyl (C=O) groups excluding carboxylic acids is 2. The van der Waals surface area contributed by atoms with Crippen molar-refractivity contribution < 1.29 is 23.1 Å². The molecule has 1 aromatic heterocycles. The number of likely N-dealkylation sites (tertiary alicyclic amines) is 1. The number of hydrogen-bond acceptors (Lipinski definition) is 4. The van der Waals surface area contributed by atoms with E-state index in [1.165, 1.54) is 25.3 Å². The summed E-state index contributed by atoms with van der Waals surface area (Å²) < 4.78 is 33.3. The molecule has 5 rings (SSSR count). The van der Waals surface area contributed by atoms with Crippen LogP contribution < -0.4 is 10.1 Å². The van der Waals surface area contributed by atoms with Crippen LogP contribution in [0, 0.1) is 11.6 Å². The van der Waals surface area contributed by atoms with Crippen molar-refractivity contribution in [2.75, 3.05) is 13.7 Å². The van der Waals surface area contributed by atoms with E-state index < -0.39 is 11.4 Å². The number of H-pyrrole nitrogens is 1. The third-order valence-corrected chi connectivity index (χ3v) is 7.19. The number of rotatable bonds is 7. The van der Waals surface area contributed by atoms with Crippen molar-refractivity contribution in [2.24, 2.45) is 0 Å². The molecule has 0 radical (unpaired) electrons. The van der Waals surface area contributed by atoms with E-state index in [1.807, 2.05) is 4.90 Å². The number of aromatic nitrogens is 2. The van der Waals surface area contributed by atoms with Crippen LogP contribution in [-0.2, 0) is 16.0 Å². The Morgan fingerprint density at radius 2 is 2.11 bits per heavy atom. The minimum absolute atomic E-state index is 0.0325. The summed E-state index contributed by atoms with van der Waals surface area (Å²) in [5, 5.41) is 3.02. The summed E-state index contributed by atoms with van der Waals surface area (Å²) in [4.78, 5) is 35.0. The van der Waals surface area contributed by atoms with Crippen molar-refractivity contribution in [3.8, 4) is 5.75 Å². The molecule has 0 aliphatic carbocycles. The minimum atomic E-state index is -0.672. The molecule has 2 amide bonds. The molecule has 0 saturated carbocycles. The van der Waals surface area contributed by atoms with Gasteiger partial charge in [-0.15, -0.1) is 0 Å². The number of methoxy groups -OCH3 is 1. The van der Waals surface area contributed by atoms with Gasteiger partial charge in [0.25, 0.3) is 0 Å². The zero-order valence-electron chi connectivity index (χ0n) is 19.6. The highest BCUT2D eigenvalue weighted by atomic mass is 19.1. The van der Waals surface area contributed by atoms with Crippen molar-refractivity contribution >= 4 is 22.8 Å². The minimum Gasteiger partial charge on any atom is -0.497 e. The molecule has 2 aromatic carbocycles. The molecule has 2 aliphatic rings. The summed E-state index contributed by atoms with van der Waals surface area (Å²) in [5.41, 5.74) is 1.08. The molecule has 2 aliphatic heterocycles. The van der Waals surface area contributed by atoms with Crippen molar-refractivity contribution in [2.45, 2.75) is 56.5 Å². The van der Waals surface area contributed by atoms with Gasteiger partial charge in [0.15, 0.2) is 0 Å². The van der Waals surface area contributed by atoms with E-state index in [2.05, 4.69) is 15.3 Å². The second-order valence-electron chi connectivity index (χ2n) is 9.49. The van der Waals surface area contributed by atoms with E-state index in [0.717, 1.165) is 12.8 Å². The lowest BCUT2D eigenvalue weighted by Crippen LogP contribution is -2.45. The van der Waals surface area contributed by atoms with Crippen LogP contribution in [0.4, 0.5) is 8.78 Å². The third-order valence-electron chi connectivity index (χ3n) is 7.19. The molecule has 2 N–H and O–H groups in total. The number of benzene rings is 2. The summed E-state index contributed by atoms with van der Waals surface area (Å²) in [6.07, 6.45) is 3.46. The Morgan fingerprint density at radius 3 is 2.86 bits per heavy atom. The first kappa shape index (κ1) is 23.3. The summed E-state index contributed by atoms with van der Waals surface area (Å²) in [5.74, 6) is 0.233. The number of ether oxygens (including phenoxy) is 1. The first-order chi connectivity index (χ1) is 16.9. The fraction of sp³-hybridized carbons (Fsp3) is 0.423. The lowest BCUT2D eigenvalue weighted by molar-refractivity contribution is -0.133. The Hall–Kier alpha value is -3.49. The standard InChI is InChI=1S/C26H28F2N4O3/c1-35-18-6-4-16(19(28)14-18)15-26(10-8-23(33)31-26)11-9-24(34)32-12-2-3-22(32)25-29-20-7-5-17(27)13-21(20)30-25/h4-7,13-14,22H,2-3,8-12,15H2,1H3,(H,29,30)(H,31,33)/t22-,26+/m1/s1. The quantitative estimate of drug-likeness (QED) is 0.529. The molecule has 0 unspecified atom stereocenters. The second kappa shape index (κ2) is 9.28. The van der Waals surface area contributed by atoms with E-state index >= 15 is 0 Å². The molecule has 0 spiro atoms. The molecule has 0 bridgehead atoms. The number of hydrogen-bond donors (Lipinski definition) is 2. The van der Waals surface area contributed by atoms with Gasteiger partial charge in [-0.25, -0.2) is 13.8 Å². The third kappa shape index (κ3) is 4.72. The Balaban J connectivity index is 1.30. The molecule has 35 heavy (non-hydrogen) atoms. The van der Waals surface area contributed by atoms with Gasteiger partial charge >= 0.3 is 0 Å². The number of nitrogens with zero attached hydrogens (tertiary/aromatic N) is 2. The van der Waals surface area contributed by atoms with Crippen LogP contribution in [0.25, 0.3) is 11.0 Å². The molecular formula is C26H28F2N4O3. The lowest BCUT2D eigenvalue weighted by atomic mass is 9.84.